The fraction of sp³-hybridized carbons (Fsp3) is 0.471. The lowest BCUT2D eigenvalue weighted by Crippen LogP contribution is -2.19. The van der Waals surface area contributed by atoms with Crippen LogP contribution in [0.1, 0.15) is 51.2 Å². The van der Waals surface area contributed by atoms with Gasteiger partial charge in [-0.05, 0) is 30.4 Å². The van der Waals surface area contributed by atoms with Gasteiger partial charge >= 0.3 is 0 Å². The summed E-state index contributed by atoms with van der Waals surface area (Å²) in [6.07, 6.45) is 4.34. The van der Waals surface area contributed by atoms with E-state index in [2.05, 4.69) is 30.7 Å². The van der Waals surface area contributed by atoms with Crippen molar-refractivity contribution in [1.29, 1.82) is 0 Å². The molecule has 0 atom stereocenters. The van der Waals surface area contributed by atoms with Gasteiger partial charge in [0.2, 0.25) is 0 Å². The van der Waals surface area contributed by atoms with E-state index in [1.54, 1.807) is 0 Å². The van der Waals surface area contributed by atoms with Crippen LogP contribution < -0.4 is 5.43 Å². The molecule has 3 rings (SSSR count). The van der Waals surface area contributed by atoms with Crippen molar-refractivity contribution >= 4 is 10.9 Å². The smallest absolute Gasteiger partial charge is 0.192 e. The Hall–Kier alpha value is -1.57. The number of benzene rings is 1. The van der Waals surface area contributed by atoms with Gasteiger partial charge in [-0.25, -0.2) is 0 Å². The van der Waals surface area contributed by atoms with Crippen molar-refractivity contribution in [2.45, 2.75) is 53.0 Å². The van der Waals surface area contributed by atoms with E-state index in [1.165, 1.54) is 12.0 Å². The predicted octanol–water partition coefficient (Wildman–Crippen LogP) is 4.10. The first-order valence-electron chi connectivity index (χ1n) is 7.33. The average Bonchev–Trinajstić information content (AvgIpc) is 2.44. The topological polar surface area (TPSA) is 22.0 Å². The molecule has 1 aliphatic rings. The fourth-order valence-electron chi connectivity index (χ4n) is 2.79. The monoisotopic (exact) mass is 257 g/mol. The molecule has 1 aromatic carbocycles. The van der Waals surface area contributed by atoms with E-state index in [0.29, 0.717) is 5.92 Å². The minimum absolute atomic E-state index is 0.218. The number of aromatic nitrogens is 1. The molecule has 2 heteroatoms. The Bertz CT molecular complexity index is 637. The van der Waals surface area contributed by atoms with Gasteiger partial charge in [0.05, 0.1) is 5.52 Å². The van der Waals surface area contributed by atoms with Crippen molar-refractivity contribution < 1.29 is 0 Å². The second-order valence-corrected chi connectivity index (χ2v) is 5.18. The molecule has 0 bridgehead atoms. The zero-order valence-electron chi connectivity index (χ0n) is 12.4. The molecule has 2 nitrogen and oxygen atoms in total. The molecule has 0 N–H and O–H groups in total. The molecule has 0 radical (unpaired) electrons. The second-order valence-electron chi connectivity index (χ2n) is 5.18. The first-order chi connectivity index (χ1) is 9.18. The van der Waals surface area contributed by atoms with Gasteiger partial charge in [-0.2, -0.15) is 0 Å². The summed E-state index contributed by atoms with van der Waals surface area (Å²) in [5.74, 6) is 0.293. The summed E-state index contributed by atoms with van der Waals surface area (Å²) >= 11 is 0. The van der Waals surface area contributed by atoms with Gasteiger partial charge in [0.1, 0.15) is 0 Å². The highest BCUT2D eigenvalue weighted by Gasteiger charge is 2.16. The lowest BCUT2D eigenvalue weighted by atomic mass is 9.97. The van der Waals surface area contributed by atoms with Crippen molar-refractivity contribution in [3.05, 3.63) is 45.7 Å². The maximum atomic E-state index is 12.4. The fourth-order valence-corrected chi connectivity index (χ4v) is 2.79. The summed E-state index contributed by atoms with van der Waals surface area (Å²) in [5.41, 5.74) is 3.64. The van der Waals surface area contributed by atoms with Crippen LogP contribution in [-0.2, 0) is 13.0 Å². The molecule has 0 unspecified atom stereocenters. The van der Waals surface area contributed by atoms with Crippen molar-refractivity contribution in [1.82, 2.24) is 4.57 Å². The standard InChI is InChI=1S/C15H17NO.C2H6/c1-10(2)13-9-16-8-4-6-11-5-3-7-12(14(11)16)15(13)17;1-2/h3,5,7,9-10H,4,6,8H2,1-2H3;1-2H3. The van der Waals surface area contributed by atoms with E-state index in [0.717, 1.165) is 29.4 Å². The minimum Gasteiger partial charge on any atom is -0.347 e. The largest absolute Gasteiger partial charge is 0.347 e. The van der Waals surface area contributed by atoms with Crippen LogP contribution in [0.25, 0.3) is 10.9 Å². The van der Waals surface area contributed by atoms with Gasteiger partial charge in [0.15, 0.2) is 5.43 Å². The van der Waals surface area contributed by atoms with Crippen molar-refractivity contribution in [3.63, 3.8) is 0 Å². The number of pyridine rings is 1. The van der Waals surface area contributed by atoms with Crippen LogP contribution in [0.5, 0.6) is 0 Å². The number of para-hydroxylation sites is 1. The molecule has 102 valence electrons. The van der Waals surface area contributed by atoms with Gasteiger partial charge in [-0.15, -0.1) is 0 Å². The highest BCUT2D eigenvalue weighted by molar-refractivity contribution is 5.83. The Morgan fingerprint density at radius 1 is 1.21 bits per heavy atom. The maximum Gasteiger partial charge on any atom is 0.192 e. The first kappa shape index (κ1) is 13.9. The van der Waals surface area contributed by atoms with Gasteiger partial charge < -0.3 is 4.57 Å². The van der Waals surface area contributed by atoms with Crippen LogP contribution in [0.2, 0.25) is 0 Å². The molecule has 1 aromatic heterocycles. The molecule has 0 fully saturated rings. The molecule has 0 amide bonds. The zero-order valence-corrected chi connectivity index (χ0v) is 12.4. The Morgan fingerprint density at radius 2 is 1.95 bits per heavy atom. The van der Waals surface area contributed by atoms with Gasteiger partial charge in [0, 0.05) is 23.7 Å². The van der Waals surface area contributed by atoms with E-state index >= 15 is 0 Å². The Kier molecular flexibility index (Phi) is 4.08. The normalized spacial score (nSPS) is 13.3. The quantitative estimate of drug-likeness (QED) is 0.754. The van der Waals surface area contributed by atoms with Gasteiger partial charge in [-0.1, -0.05) is 39.8 Å². The van der Waals surface area contributed by atoms with Crippen molar-refractivity contribution in [2.24, 2.45) is 0 Å². The molecule has 0 spiro atoms. The van der Waals surface area contributed by atoms with Crippen LogP contribution in [0.15, 0.2) is 29.2 Å². The number of aryl methyl sites for hydroxylation is 2. The summed E-state index contributed by atoms with van der Waals surface area (Å²) < 4.78 is 2.27. The number of nitrogens with zero attached hydrogens (tertiary/aromatic N) is 1. The average molecular weight is 257 g/mol. The molecule has 2 aromatic rings. The zero-order chi connectivity index (χ0) is 14.0. The highest BCUT2D eigenvalue weighted by atomic mass is 16.1. The molecule has 0 saturated carbocycles. The van der Waals surface area contributed by atoms with Crippen LogP contribution >= 0.6 is 0 Å². The summed E-state index contributed by atoms with van der Waals surface area (Å²) in [7, 11) is 0. The van der Waals surface area contributed by atoms with Gasteiger partial charge in [0.25, 0.3) is 0 Å². The van der Waals surface area contributed by atoms with E-state index in [1.807, 2.05) is 26.0 Å². The lowest BCUT2D eigenvalue weighted by Gasteiger charge is -2.21. The van der Waals surface area contributed by atoms with Crippen molar-refractivity contribution in [2.75, 3.05) is 0 Å². The number of hydrogen-bond donors (Lipinski definition) is 0. The van der Waals surface area contributed by atoms with Gasteiger partial charge in [-0.3, -0.25) is 4.79 Å². The van der Waals surface area contributed by atoms with E-state index in [4.69, 9.17) is 0 Å². The third kappa shape index (κ3) is 2.32. The van der Waals surface area contributed by atoms with Crippen molar-refractivity contribution in [3.8, 4) is 0 Å². The van der Waals surface area contributed by atoms with E-state index in [-0.39, 0.29) is 5.43 Å². The molecular weight excluding hydrogens is 234 g/mol. The van der Waals surface area contributed by atoms with Crippen LogP contribution in [-0.4, -0.2) is 4.57 Å². The summed E-state index contributed by atoms with van der Waals surface area (Å²) in [5, 5.41) is 0.897. The lowest BCUT2D eigenvalue weighted by molar-refractivity contribution is 0.623. The Balaban J connectivity index is 0.000000637. The second kappa shape index (κ2) is 5.60. The molecule has 19 heavy (non-hydrogen) atoms. The minimum atomic E-state index is 0.218. The van der Waals surface area contributed by atoms with Crippen LogP contribution in [0, 0.1) is 0 Å². The Morgan fingerprint density at radius 3 is 2.63 bits per heavy atom. The third-order valence-electron chi connectivity index (χ3n) is 3.68. The predicted molar refractivity (Wildman–Crippen MR) is 82.0 cm³/mol. The van der Waals surface area contributed by atoms with Crippen LogP contribution in [0.3, 0.4) is 0 Å². The number of hydrogen-bond acceptors (Lipinski definition) is 1. The third-order valence-corrected chi connectivity index (χ3v) is 3.68. The Labute approximate surface area is 115 Å². The SMILES string of the molecule is CC.CC(C)c1cn2c3c(cccc3c1=O)CCC2. The van der Waals surface area contributed by atoms with Crippen LogP contribution in [0.4, 0.5) is 0 Å². The first-order valence-corrected chi connectivity index (χ1v) is 7.33. The molecule has 2 heterocycles. The number of rotatable bonds is 1. The highest BCUT2D eigenvalue weighted by Crippen LogP contribution is 2.24. The van der Waals surface area contributed by atoms with E-state index in [9.17, 15) is 4.79 Å². The summed E-state index contributed by atoms with van der Waals surface area (Å²) in [6.45, 7) is 9.21. The summed E-state index contributed by atoms with van der Waals surface area (Å²) in [6, 6.07) is 6.13. The summed E-state index contributed by atoms with van der Waals surface area (Å²) in [4.78, 5) is 12.4. The maximum absolute atomic E-state index is 12.4. The van der Waals surface area contributed by atoms with E-state index < -0.39 is 0 Å². The molecule has 0 saturated heterocycles. The molecular formula is C17H23NO. The molecule has 0 aliphatic carbocycles. The molecule has 1 aliphatic heterocycles.